The van der Waals surface area contributed by atoms with E-state index in [-0.39, 0.29) is 0 Å². The summed E-state index contributed by atoms with van der Waals surface area (Å²) >= 11 is 0. The zero-order valence-corrected chi connectivity index (χ0v) is 7.91. The summed E-state index contributed by atoms with van der Waals surface area (Å²) < 4.78 is 0. The molecule has 0 saturated heterocycles. The minimum absolute atomic E-state index is 0.637. The smallest absolute Gasteiger partial charge is 0.0226 e. The third kappa shape index (κ3) is 1.13. The Bertz CT molecular complexity index is 198. The second-order valence-electron chi connectivity index (χ2n) is 5.09. The topological polar surface area (TPSA) is 0 Å². The fourth-order valence-corrected chi connectivity index (χ4v) is 2.43. The van der Waals surface area contributed by atoms with Crippen LogP contribution < -0.4 is 0 Å². The summed E-state index contributed by atoms with van der Waals surface area (Å²) in [5.74, 6) is 0.932. The van der Waals surface area contributed by atoms with Gasteiger partial charge in [0.25, 0.3) is 0 Å². The molecule has 2 fully saturated rings. The van der Waals surface area contributed by atoms with Crippen molar-refractivity contribution in [2.45, 2.75) is 46.5 Å². The van der Waals surface area contributed by atoms with Gasteiger partial charge in [0, 0.05) is 0 Å². The highest BCUT2D eigenvalue weighted by atomic mass is 14.4. The summed E-state index contributed by atoms with van der Waals surface area (Å²) in [4.78, 5) is 0. The van der Waals surface area contributed by atoms with Gasteiger partial charge in [-0.1, -0.05) is 31.9 Å². The lowest BCUT2D eigenvalue weighted by Crippen LogP contribution is -2.28. The summed E-state index contributed by atoms with van der Waals surface area (Å²) in [6.45, 7) is 7.12. The zero-order chi connectivity index (χ0) is 8.06. The molecule has 0 nitrogen and oxygen atoms in total. The predicted octanol–water partition coefficient (Wildman–Crippen LogP) is 3.53. The maximum atomic E-state index is 2.38. The molecule has 0 N–H and O–H groups in total. The molecule has 0 radical (unpaired) electrons. The van der Waals surface area contributed by atoms with Gasteiger partial charge in [-0.2, -0.15) is 0 Å². The molecule has 0 aromatic heterocycles. The van der Waals surface area contributed by atoms with Gasteiger partial charge in [-0.3, -0.25) is 0 Å². The molecule has 1 atom stereocenters. The first-order valence-corrected chi connectivity index (χ1v) is 4.79. The van der Waals surface area contributed by atoms with Gasteiger partial charge < -0.3 is 0 Å². The first-order valence-electron chi connectivity index (χ1n) is 4.79. The number of allylic oxidation sites excluding steroid dienone is 2. The van der Waals surface area contributed by atoms with Crippen molar-refractivity contribution < 1.29 is 0 Å². The van der Waals surface area contributed by atoms with E-state index in [2.05, 4.69) is 20.8 Å². The van der Waals surface area contributed by atoms with E-state index < -0.39 is 0 Å². The Morgan fingerprint density at radius 1 is 1.27 bits per heavy atom. The molecule has 0 aromatic rings. The summed E-state index contributed by atoms with van der Waals surface area (Å²) in [7, 11) is 0. The van der Waals surface area contributed by atoms with Gasteiger partial charge in [0.2, 0.25) is 0 Å². The normalized spacial score (nSPS) is 34.6. The molecule has 0 bridgehead atoms. The minimum Gasteiger partial charge on any atom is -0.0697 e. The molecule has 2 saturated carbocycles. The molecule has 2 aliphatic rings. The van der Waals surface area contributed by atoms with E-state index in [9.17, 15) is 0 Å². The average Bonchev–Trinajstić information content (AvgIpc) is 1.81. The summed E-state index contributed by atoms with van der Waals surface area (Å²) in [5, 5.41) is 0. The van der Waals surface area contributed by atoms with Crippen LogP contribution in [-0.4, -0.2) is 0 Å². The van der Waals surface area contributed by atoms with E-state index in [1.807, 2.05) is 5.57 Å². The SMILES string of the molecule is CC1CCC1=C1CC(C)(C)C1. The van der Waals surface area contributed by atoms with E-state index in [1.165, 1.54) is 25.7 Å². The standard InChI is InChI=1S/C11H18/c1-8-4-5-10(8)9-6-11(2,3)7-9/h8H,4-7H2,1-3H3. The third-order valence-electron chi connectivity index (χ3n) is 3.28. The van der Waals surface area contributed by atoms with Crippen LogP contribution in [-0.2, 0) is 0 Å². The first kappa shape index (κ1) is 7.39. The van der Waals surface area contributed by atoms with Crippen molar-refractivity contribution in [3.63, 3.8) is 0 Å². The maximum Gasteiger partial charge on any atom is -0.0226 e. The minimum atomic E-state index is 0.637. The highest BCUT2D eigenvalue weighted by Crippen LogP contribution is 2.50. The van der Waals surface area contributed by atoms with Gasteiger partial charge in [0.05, 0.1) is 0 Å². The third-order valence-corrected chi connectivity index (χ3v) is 3.28. The first-order chi connectivity index (χ1) is 5.08. The summed E-state index contributed by atoms with van der Waals surface area (Å²) in [6, 6.07) is 0. The zero-order valence-electron chi connectivity index (χ0n) is 7.91. The summed E-state index contributed by atoms with van der Waals surface area (Å²) in [6.07, 6.45) is 5.62. The molecule has 1 unspecified atom stereocenters. The largest absolute Gasteiger partial charge is 0.0697 e. The quantitative estimate of drug-likeness (QED) is 0.463. The Morgan fingerprint density at radius 2 is 1.91 bits per heavy atom. The van der Waals surface area contributed by atoms with Gasteiger partial charge in [-0.15, -0.1) is 0 Å². The number of rotatable bonds is 0. The Labute approximate surface area is 69.7 Å². The number of hydrogen-bond acceptors (Lipinski definition) is 0. The maximum absolute atomic E-state index is 2.38. The van der Waals surface area contributed by atoms with E-state index in [0.717, 1.165) is 5.92 Å². The van der Waals surface area contributed by atoms with Crippen LogP contribution in [0.25, 0.3) is 0 Å². The lowest BCUT2D eigenvalue weighted by atomic mass is 9.62. The van der Waals surface area contributed by atoms with E-state index in [1.54, 1.807) is 5.57 Å². The molecular weight excluding hydrogens is 132 g/mol. The van der Waals surface area contributed by atoms with Gasteiger partial charge in [0.15, 0.2) is 0 Å². The molecular formula is C11H18. The van der Waals surface area contributed by atoms with Gasteiger partial charge in [-0.05, 0) is 37.0 Å². The second-order valence-corrected chi connectivity index (χ2v) is 5.09. The fraction of sp³-hybridized carbons (Fsp3) is 0.818. The van der Waals surface area contributed by atoms with Crippen molar-refractivity contribution in [2.75, 3.05) is 0 Å². The molecule has 0 amide bonds. The van der Waals surface area contributed by atoms with Crippen LogP contribution in [0.5, 0.6) is 0 Å². The van der Waals surface area contributed by atoms with Crippen molar-refractivity contribution in [3.05, 3.63) is 11.1 Å². The molecule has 0 aliphatic heterocycles. The number of hydrogen-bond donors (Lipinski definition) is 0. The van der Waals surface area contributed by atoms with Gasteiger partial charge >= 0.3 is 0 Å². The lowest BCUT2D eigenvalue weighted by molar-refractivity contribution is 0.258. The van der Waals surface area contributed by atoms with Crippen molar-refractivity contribution in [2.24, 2.45) is 11.3 Å². The fourth-order valence-electron chi connectivity index (χ4n) is 2.43. The van der Waals surface area contributed by atoms with Crippen LogP contribution >= 0.6 is 0 Å². The van der Waals surface area contributed by atoms with E-state index in [0.29, 0.717) is 5.41 Å². The van der Waals surface area contributed by atoms with Gasteiger partial charge in [-0.25, -0.2) is 0 Å². The van der Waals surface area contributed by atoms with Crippen LogP contribution in [0, 0.1) is 11.3 Å². The van der Waals surface area contributed by atoms with Crippen molar-refractivity contribution >= 4 is 0 Å². The van der Waals surface area contributed by atoms with Crippen molar-refractivity contribution in [1.29, 1.82) is 0 Å². The Hall–Kier alpha value is -0.260. The second kappa shape index (κ2) is 2.12. The van der Waals surface area contributed by atoms with Crippen molar-refractivity contribution in [1.82, 2.24) is 0 Å². The lowest BCUT2D eigenvalue weighted by Gasteiger charge is -2.43. The molecule has 2 rings (SSSR count). The van der Waals surface area contributed by atoms with Crippen molar-refractivity contribution in [3.8, 4) is 0 Å². The Balaban J connectivity index is 2.04. The van der Waals surface area contributed by atoms with Crippen LogP contribution in [0.3, 0.4) is 0 Å². The molecule has 0 heterocycles. The molecule has 0 aromatic carbocycles. The highest BCUT2D eigenvalue weighted by molar-refractivity contribution is 5.29. The molecule has 0 spiro atoms. The van der Waals surface area contributed by atoms with E-state index in [4.69, 9.17) is 0 Å². The molecule has 2 aliphatic carbocycles. The average molecular weight is 150 g/mol. The molecule has 0 heteroatoms. The van der Waals surface area contributed by atoms with Crippen LogP contribution in [0.4, 0.5) is 0 Å². The van der Waals surface area contributed by atoms with Crippen LogP contribution in [0.1, 0.15) is 46.5 Å². The summed E-state index contributed by atoms with van der Waals surface area (Å²) in [5.41, 5.74) is 4.25. The Kier molecular flexibility index (Phi) is 1.42. The monoisotopic (exact) mass is 150 g/mol. The van der Waals surface area contributed by atoms with Crippen LogP contribution in [0.2, 0.25) is 0 Å². The van der Waals surface area contributed by atoms with Gasteiger partial charge in [0.1, 0.15) is 0 Å². The van der Waals surface area contributed by atoms with E-state index >= 15 is 0 Å². The molecule has 11 heavy (non-hydrogen) atoms. The molecule has 62 valence electrons. The van der Waals surface area contributed by atoms with Crippen LogP contribution in [0.15, 0.2) is 11.1 Å². The predicted molar refractivity (Wildman–Crippen MR) is 48.4 cm³/mol. The highest BCUT2D eigenvalue weighted by Gasteiger charge is 2.35. The Morgan fingerprint density at radius 3 is 2.18 bits per heavy atom.